The van der Waals surface area contributed by atoms with Gasteiger partial charge in [-0.3, -0.25) is 0 Å². The van der Waals surface area contributed by atoms with E-state index in [0.29, 0.717) is 11.5 Å². The summed E-state index contributed by atoms with van der Waals surface area (Å²) in [4.78, 5) is 12.2. The standard InChI is InChI=1S/C15H16O3S/c1-9-4-5-13(10(2)6-9)18-8-12-7-14(15(16)17)19-11(12)3/h4-7H,8H2,1-3H3,(H,16,17). The van der Waals surface area contributed by atoms with Crippen molar-refractivity contribution < 1.29 is 14.6 Å². The maximum atomic E-state index is 10.9. The number of aryl methyl sites for hydroxylation is 3. The van der Waals surface area contributed by atoms with Crippen molar-refractivity contribution in [2.75, 3.05) is 0 Å². The van der Waals surface area contributed by atoms with Gasteiger partial charge >= 0.3 is 5.97 Å². The Morgan fingerprint density at radius 3 is 2.58 bits per heavy atom. The highest BCUT2D eigenvalue weighted by Gasteiger charge is 2.11. The number of thiophene rings is 1. The van der Waals surface area contributed by atoms with Gasteiger partial charge in [0.15, 0.2) is 0 Å². The van der Waals surface area contributed by atoms with Gasteiger partial charge in [-0.05, 0) is 38.5 Å². The fourth-order valence-corrected chi connectivity index (χ4v) is 2.75. The number of hydrogen-bond donors (Lipinski definition) is 1. The number of ether oxygens (including phenoxy) is 1. The molecule has 3 nitrogen and oxygen atoms in total. The number of benzene rings is 1. The minimum atomic E-state index is -0.883. The number of carboxylic acids is 1. The summed E-state index contributed by atoms with van der Waals surface area (Å²) in [7, 11) is 0. The topological polar surface area (TPSA) is 46.5 Å². The first kappa shape index (κ1) is 13.6. The molecule has 0 bridgehead atoms. The molecule has 0 saturated carbocycles. The molecular formula is C15H16O3S. The first-order valence-electron chi connectivity index (χ1n) is 6.00. The lowest BCUT2D eigenvalue weighted by Crippen LogP contribution is -1.97. The van der Waals surface area contributed by atoms with Crippen molar-refractivity contribution in [1.82, 2.24) is 0 Å². The molecule has 0 aliphatic carbocycles. The van der Waals surface area contributed by atoms with Gasteiger partial charge < -0.3 is 9.84 Å². The highest BCUT2D eigenvalue weighted by Crippen LogP contribution is 2.25. The van der Waals surface area contributed by atoms with Crippen molar-refractivity contribution in [3.63, 3.8) is 0 Å². The Morgan fingerprint density at radius 2 is 2.00 bits per heavy atom. The lowest BCUT2D eigenvalue weighted by molar-refractivity contribution is 0.0702. The molecule has 0 fully saturated rings. The summed E-state index contributed by atoms with van der Waals surface area (Å²) in [5, 5.41) is 8.95. The first-order valence-corrected chi connectivity index (χ1v) is 6.81. The van der Waals surface area contributed by atoms with E-state index < -0.39 is 5.97 Å². The van der Waals surface area contributed by atoms with E-state index in [1.165, 1.54) is 16.9 Å². The molecule has 1 N–H and O–H groups in total. The Hall–Kier alpha value is -1.81. The number of carboxylic acid groups (broad SMARTS) is 1. The Bertz CT molecular complexity index is 614. The van der Waals surface area contributed by atoms with Gasteiger partial charge in [0, 0.05) is 10.4 Å². The van der Waals surface area contributed by atoms with E-state index in [4.69, 9.17) is 9.84 Å². The average Bonchev–Trinajstić information content (AvgIpc) is 2.70. The zero-order valence-electron chi connectivity index (χ0n) is 11.2. The van der Waals surface area contributed by atoms with Gasteiger partial charge in [0.25, 0.3) is 0 Å². The Kier molecular flexibility index (Phi) is 3.90. The van der Waals surface area contributed by atoms with Crippen LogP contribution in [0.1, 0.15) is 31.2 Å². The zero-order chi connectivity index (χ0) is 14.0. The molecule has 2 rings (SSSR count). The molecule has 0 saturated heterocycles. The number of hydrogen-bond acceptors (Lipinski definition) is 3. The van der Waals surface area contributed by atoms with Crippen LogP contribution >= 0.6 is 11.3 Å². The van der Waals surface area contributed by atoms with Crippen LogP contribution in [0.25, 0.3) is 0 Å². The molecule has 0 radical (unpaired) electrons. The third-order valence-corrected chi connectivity index (χ3v) is 4.03. The van der Waals surface area contributed by atoms with Crippen LogP contribution in [0.4, 0.5) is 0 Å². The fraction of sp³-hybridized carbons (Fsp3) is 0.267. The number of rotatable bonds is 4. The molecular weight excluding hydrogens is 260 g/mol. The van der Waals surface area contributed by atoms with E-state index in [0.717, 1.165) is 21.8 Å². The van der Waals surface area contributed by atoms with Crippen molar-refractivity contribution in [3.8, 4) is 5.75 Å². The van der Waals surface area contributed by atoms with E-state index in [2.05, 4.69) is 6.07 Å². The van der Waals surface area contributed by atoms with E-state index in [1.807, 2.05) is 32.9 Å². The molecule has 1 aromatic carbocycles. The molecule has 1 aromatic heterocycles. The predicted octanol–water partition coefficient (Wildman–Crippen LogP) is 3.95. The average molecular weight is 276 g/mol. The fourth-order valence-electron chi connectivity index (χ4n) is 1.89. The third kappa shape index (κ3) is 3.15. The number of carbonyl (C=O) groups is 1. The molecule has 0 atom stereocenters. The Labute approximate surface area is 116 Å². The number of aromatic carboxylic acids is 1. The summed E-state index contributed by atoms with van der Waals surface area (Å²) in [6, 6.07) is 7.71. The Morgan fingerprint density at radius 1 is 1.26 bits per heavy atom. The molecule has 0 aliphatic rings. The highest BCUT2D eigenvalue weighted by atomic mass is 32.1. The summed E-state index contributed by atoms with van der Waals surface area (Å²) < 4.78 is 5.77. The van der Waals surface area contributed by atoms with Gasteiger partial charge in [-0.15, -0.1) is 11.3 Å². The summed E-state index contributed by atoms with van der Waals surface area (Å²) in [6.45, 7) is 6.36. The largest absolute Gasteiger partial charge is 0.489 e. The first-order chi connectivity index (χ1) is 8.97. The van der Waals surface area contributed by atoms with Gasteiger partial charge in [0.05, 0.1) is 0 Å². The molecule has 0 aliphatic heterocycles. The van der Waals surface area contributed by atoms with Crippen LogP contribution < -0.4 is 4.74 Å². The second-order valence-corrected chi connectivity index (χ2v) is 5.81. The van der Waals surface area contributed by atoms with Crippen LogP contribution in [-0.4, -0.2) is 11.1 Å². The molecule has 1 heterocycles. The smallest absolute Gasteiger partial charge is 0.345 e. The normalized spacial score (nSPS) is 10.5. The van der Waals surface area contributed by atoms with Crippen LogP contribution in [0.2, 0.25) is 0 Å². The van der Waals surface area contributed by atoms with Gasteiger partial charge in [0.2, 0.25) is 0 Å². The van der Waals surface area contributed by atoms with Crippen molar-refractivity contribution in [1.29, 1.82) is 0 Å². The van der Waals surface area contributed by atoms with Crippen LogP contribution in [0.3, 0.4) is 0 Å². The maximum absolute atomic E-state index is 10.9. The summed E-state index contributed by atoms with van der Waals surface area (Å²) in [6.07, 6.45) is 0. The maximum Gasteiger partial charge on any atom is 0.345 e. The van der Waals surface area contributed by atoms with Crippen LogP contribution in [0, 0.1) is 20.8 Å². The Balaban J connectivity index is 2.12. The van der Waals surface area contributed by atoms with Gasteiger partial charge in [0.1, 0.15) is 17.2 Å². The van der Waals surface area contributed by atoms with Crippen molar-refractivity contribution in [3.05, 3.63) is 50.7 Å². The monoisotopic (exact) mass is 276 g/mol. The lowest BCUT2D eigenvalue weighted by Gasteiger charge is -2.09. The molecule has 0 amide bonds. The van der Waals surface area contributed by atoms with Crippen LogP contribution in [-0.2, 0) is 6.61 Å². The summed E-state index contributed by atoms with van der Waals surface area (Å²) in [5.41, 5.74) is 3.22. The van der Waals surface area contributed by atoms with Crippen molar-refractivity contribution >= 4 is 17.3 Å². The van der Waals surface area contributed by atoms with E-state index in [1.54, 1.807) is 6.07 Å². The van der Waals surface area contributed by atoms with E-state index in [9.17, 15) is 4.79 Å². The van der Waals surface area contributed by atoms with Gasteiger partial charge in [-0.2, -0.15) is 0 Å². The molecule has 100 valence electrons. The highest BCUT2D eigenvalue weighted by molar-refractivity contribution is 7.14. The molecule has 4 heteroatoms. The van der Waals surface area contributed by atoms with Crippen molar-refractivity contribution in [2.24, 2.45) is 0 Å². The summed E-state index contributed by atoms with van der Waals surface area (Å²) >= 11 is 1.28. The molecule has 2 aromatic rings. The van der Waals surface area contributed by atoms with Crippen LogP contribution in [0.5, 0.6) is 5.75 Å². The second kappa shape index (κ2) is 5.45. The summed E-state index contributed by atoms with van der Waals surface area (Å²) in [5.74, 6) is -0.0426. The third-order valence-electron chi connectivity index (χ3n) is 2.94. The zero-order valence-corrected chi connectivity index (χ0v) is 12.0. The van der Waals surface area contributed by atoms with Gasteiger partial charge in [-0.25, -0.2) is 4.79 Å². The molecule has 19 heavy (non-hydrogen) atoms. The second-order valence-electron chi connectivity index (χ2n) is 4.55. The van der Waals surface area contributed by atoms with Gasteiger partial charge in [-0.1, -0.05) is 17.7 Å². The van der Waals surface area contributed by atoms with Crippen LogP contribution in [0.15, 0.2) is 24.3 Å². The molecule has 0 unspecified atom stereocenters. The quantitative estimate of drug-likeness (QED) is 0.919. The van der Waals surface area contributed by atoms with E-state index in [-0.39, 0.29) is 0 Å². The minimum absolute atomic E-state index is 0.358. The lowest BCUT2D eigenvalue weighted by atomic mass is 10.1. The molecule has 0 spiro atoms. The SMILES string of the molecule is Cc1ccc(OCc2cc(C(=O)O)sc2C)c(C)c1. The minimum Gasteiger partial charge on any atom is -0.489 e. The van der Waals surface area contributed by atoms with Crippen molar-refractivity contribution in [2.45, 2.75) is 27.4 Å². The predicted molar refractivity (Wildman–Crippen MR) is 76.3 cm³/mol. The van der Waals surface area contributed by atoms with E-state index >= 15 is 0 Å².